The van der Waals surface area contributed by atoms with Crippen molar-refractivity contribution in [3.05, 3.63) is 73.9 Å². The van der Waals surface area contributed by atoms with Gasteiger partial charge < -0.3 is 14.3 Å². The summed E-state index contributed by atoms with van der Waals surface area (Å²) in [6, 6.07) is 9.71. The fourth-order valence-electron chi connectivity index (χ4n) is 4.01. The van der Waals surface area contributed by atoms with Crippen molar-refractivity contribution < 1.29 is 14.3 Å². The zero-order valence-electron chi connectivity index (χ0n) is 16.6. The molecule has 150 valence electrons. The van der Waals surface area contributed by atoms with E-state index < -0.39 is 11.2 Å². The van der Waals surface area contributed by atoms with Crippen LogP contribution in [0.4, 0.5) is 0 Å². The summed E-state index contributed by atoms with van der Waals surface area (Å²) in [5.74, 6) is 1.28. The van der Waals surface area contributed by atoms with Crippen molar-refractivity contribution in [3.63, 3.8) is 0 Å². The number of ether oxygens (including phenoxy) is 1. The van der Waals surface area contributed by atoms with Gasteiger partial charge in [-0.15, -0.1) is 0 Å². The van der Waals surface area contributed by atoms with E-state index in [9.17, 15) is 9.90 Å². The highest BCUT2D eigenvalue weighted by Crippen LogP contribution is 2.44. The highest BCUT2D eigenvalue weighted by atomic mass is 79.9. The van der Waals surface area contributed by atoms with E-state index in [1.807, 2.05) is 32.1 Å². The van der Waals surface area contributed by atoms with Gasteiger partial charge in [0.25, 0.3) is 0 Å². The molecule has 0 fully saturated rings. The van der Waals surface area contributed by atoms with Crippen LogP contribution in [-0.4, -0.2) is 5.11 Å². The number of hydrogen-bond acceptors (Lipinski definition) is 4. The molecule has 1 aromatic carbocycles. The van der Waals surface area contributed by atoms with E-state index in [1.165, 1.54) is 0 Å². The first-order valence-electron chi connectivity index (χ1n) is 9.86. The standard InChI is InChI=1S/C23H27BrO4/c1-4-11-23(12-10-15(3)28-23)21-19(25)14-20(27-22(21)26)17(5-2)13-16-6-8-18(24)9-7-16/h6-10,14,17,25H,4-5,11-13H2,1-3H3. The molecule has 1 aliphatic heterocycles. The van der Waals surface area contributed by atoms with Crippen molar-refractivity contribution in [3.8, 4) is 5.75 Å². The minimum atomic E-state index is -0.824. The third-order valence-electron chi connectivity index (χ3n) is 5.43. The van der Waals surface area contributed by atoms with Gasteiger partial charge in [0, 0.05) is 22.9 Å². The van der Waals surface area contributed by atoms with Gasteiger partial charge in [-0.1, -0.05) is 48.3 Å². The van der Waals surface area contributed by atoms with E-state index in [0.717, 1.165) is 35.1 Å². The quantitative estimate of drug-likeness (QED) is 0.552. The van der Waals surface area contributed by atoms with Crippen LogP contribution >= 0.6 is 15.9 Å². The van der Waals surface area contributed by atoms with Crippen LogP contribution in [0.5, 0.6) is 5.75 Å². The minimum Gasteiger partial charge on any atom is -0.507 e. The lowest BCUT2D eigenvalue weighted by Gasteiger charge is -2.29. The molecule has 1 aliphatic rings. The van der Waals surface area contributed by atoms with Gasteiger partial charge in [0.05, 0.1) is 5.76 Å². The fourth-order valence-corrected chi connectivity index (χ4v) is 4.27. The number of allylic oxidation sites excluding steroid dienone is 1. The van der Waals surface area contributed by atoms with E-state index in [0.29, 0.717) is 18.6 Å². The van der Waals surface area contributed by atoms with Gasteiger partial charge in [0.2, 0.25) is 0 Å². The Morgan fingerprint density at radius 3 is 2.50 bits per heavy atom. The van der Waals surface area contributed by atoms with Gasteiger partial charge >= 0.3 is 5.63 Å². The molecule has 0 bridgehead atoms. The Morgan fingerprint density at radius 2 is 1.96 bits per heavy atom. The molecule has 28 heavy (non-hydrogen) atoms. The molecule has 1 N–H and O–H groups in total. The van der Waals surface area contributed by atoms with E-state index in [1.54, 1.807) is 6.07 Å². The summed E-state index contributed by atoms with van der Waals surface area (Å²) in [5, 5.41) is 10.8. The lowest BCUT2D eigenvalue weighted by Crippen LogP contribution is -2.32. The lowest BCUT2D eigenvalue weighted by molar-refractivity contribution is 0.00887. The Labute approximate surface area is 174 Å². The Kier molecular flexibility index (Phi) is 6.33. The molecule has 1 aromatic heterocycles. The molecule has 2 atom stereocenters. The summed E-state index contributed by atoms with van der Waals surface area (Å²) < 4.78 is 12.8. The second-order valence-corrected chi connectivity index (χ2v) is 8.41. The Morgan fingerprint density at radius 1 is 1.25 bits per heavy atom. The third kappa shape index (κ3) is 4.19. The SMILES string of the molecule is CCCC1(c2c(O)cc(C(CC)Cc3ccc(Br)cc3)oc2=O)CC=C(C)O1. The number of rotatable bonds is 7. The molecular formula is C23H27BrO4. The van der Waals surface area contributed by atoms with Gasteiger partial charge in [-0.25, -0.2) is 4.79 Å². The van der Waals surface area contributed by atoms with Crippen molar-refractivity contribution in [2.45, 2.75) is 64.4 Å². The van der Waals surface area contributed by atoms with Crippen molar-refractivity contribution >= 4 is 15.9 Å². The van der Waals surface area contributed by atoms with Crippen LogP contribution in [0, 0.1) is 0 Å². The number of benzene rings is 1. The molecule has 0 amide bonds. The summed E-state index contributed by atoms with van der Waals surface area (Å²) in [6.07, 6.45) is 5.56. The molecule has 0 radical (unpaired) electrons. The number of halogens is 1. The first-order valence-corrected chi connectivity index (χ1v) is 10.7. The fraction of sp³-hybridized carbons (Fsp3) is 0.435. The molecule has 0 saturated carbocycles. The lowest BCUT2D eigenvalue weighted by atomic mass is 9.86. The summed E-state index contributed by atoms with van der Waals surface area (Å²) in [6.45, 7) is 5.97. The smallest absolute Gasteiger partial charge is 0.347 e. The molecule has 3 rings (SSSR count). The van der Waals surface area contributed by atoms with Crippen molar-refractivity contribution in [2.24, 2.45) is 0 Å². The van der Waals surface area contributed by atoms with Gasteiger partial charge in [-0.2, -0.15) is 0 Å². The molecule has 0 spiro atoms. The highest BCUT2D eigenvalue weighted by Gasteiger charge is 2.42. The summed E-state index contributed by atoms with van der Waals surface area (Å²) in [4.78, 5) is 12.9. The molecule has 4 nitrogen and oxygen atoms in total. The van der Waals surface area contributed by atoms with Crippen LogP contribution in [0.25, 0.3) is 0 Å². The predicted octanol–water partition coefficient (Wildman–Crippen LogP) is 6.16. The van der Waals surface area contributed by atoms with Crippen LogP contribution in [0.3, 0.4) is 0 Å². The van der Waals surface area contributed by atoms with Crippen molar-refractivity contribution in [2.75, 3.05) is 0 Å². The maximum absolute atomic E-state index is 12.9. The van der Waals surface area contributed by atoms with Crippen LogP contribution < -0.4 is 5.63 Å². The van der Waals surface area contributed by atoms with E-state index in [4.69, 9.17) is 9.15 Å². The first-order chi connectivity index (χ1) is 13.4. The largest absolute Gasteiger partial charge is 0.507 e. The number of hydrogen-bond donors (Lipinski definition) is 1. The van der Waals surface area contributed by atoms with Gasteiger partial charge in [-0.05, 0) is 50.0 Å². The van der Waals surface area contributed by atoms with Gasteiger partial charge in [0.1, 0.15) is 22.7 Å². The van der Waals surface area contributed by atoms with Gasteiger partial charge in [-0.3, -0.25) is 0 Å². The topological polar surface area (TPSA) is 59.7 Å². The van der Waals surface area contributed by atoms with Crippen LogP contribution in [-0.2, 0) is 16.8 Å². The zero-order valence-corrected chi connectivity index (χ0v) is 18.2. The molecule has 0 aliphatic carbocycles. The third-order valence-corrected chi connectivity index (χ3v) is 5.95. The molecular weight excluding hydrogens is 420 g/mol. The van der Waals surface area contributed by atoms with Crippen LogP contribution in [0.15, 0.2) is 55.9 Å². The molecule has 2 unspecified atom stereocenters. The van der Waals surface area contributed by atoms with E-state index >= 15 is 0 Å². The molecule has 2 aromatic rings. The summed E-state index contributed by atoms with van der Waals surface area (Å²) >= 11 is 3.45. The summed E-state index contributed by atoms with van der Waals surface area (Å²) in [5.41, 5.74) is 0.0725. The molecule has 0 saturated heterocycles. The number of aromatic hydroxyl groups is 1. The maximum Gasteiger partial charge on any atom is 0.347 e. The minimum absolute atomic E-state index is 0.0142. The second kappa shape index (κ2) is 8.56. The monoisotopic (exact) mass is 446 g/mol. The van der Waals surface area contributed by atoms with Crippen molar-refractivity contribution in [1.29, 1.82) is 0 Å². The Balaban J connectivity index is 1.94. The zero-order chi connectivity index (χ0) is 20.3. The Bertz CT molecular complexity index is 913. The van der Waals surface area contributed by atoms with E-state index in [2.05, 4.69) is 35.0 Å². The average molecular weight is 447 g/mol. The van der Waals surface area contributed by atoms with Crippen LogP contribution in [0.2, 0.25) is 0 Å². The first kappa shape index (κ1) is 20.7. The van der Waals surface area contributed by atoms with Crippen LogP contribution in [0.1, 0.15) is 69.3 Å². The average Bonchev–Trinajstić information content (AvgIpc) is 3.02. The normalized spacial score (nSPS) is 19.9. The molecule has 2 heterocycles. The predicted molar refractivity (Wildman–Crippen MR) is 114 cm³/mol. The van der Waals surface area contributed by atoms with Crippen molar-refractivity contribution in [1.82, 2.24) is 0 Å². The summed E-state index contributed by atoms with van der Waals surface area (Å²) in [7, 11) is 0. The second-order valence-electron chi connectivity index (χ2n) is 7.50. The maximum atomic E-state index is 12.9. The molecule has 5 heteroatoms. The Hall–Kier alpha value is -2.01. The van der Waals surface area contributed by atoms with E-state index in [-0.39, 0.29) is 17.2 Å². The highest BCUT2D eigenvalue weighted by molar-refractivity contribution is 9.10. The van der Waals surface area contributed by atoms with Gasteiger partial charge in [0.15, 0.2) is 0 Å².